The fourth-order valence-corrected chi connectivity index (χ4v) is 6.82. The highest BCUT2D eigenvalue weighted by Gasteiger charge is 2.52. The molecule has 3 heterocycles. The van der Waals surface area contributed by atoms with Crippen molar-refractivity contribution in [2.75, 3.05) is 7.11 Å². The van der Waals surface area contributed by atoms with Gasteiger partial charge in [0.05, 0.1) is 41.3 Å². The average Bonchev–Trinajstić information content (AvgIpc) is 3.38. The summed E-state index contributed by atoms with van der Waals surface area (Å²) in [6, 6.07) is 0. The quantitative estimate of drug-likeness (QED) is 0.147. The van der Waals surface area contributed by atoms with Crippen LogP contribution in [0.3, 0.4) is 0 Å². The van der Waals surface area contributed by atoms with Crippen LogP contribution in [0.25, 0.3) is 10.4 Å². The standard InChI is InChI=1S/C37H44N4O12/c1-15-11-10-12-16(2)36(49)39-26-27(40-41-38)31(46)23-24(32(26)47)30(45)20(6)34-25(23)35(48)37(8,53-34)51-14-13-22(50-9)17(3)33(52-21(7)42)19(5)29(44)18(4)28(15)43/h10-15,17-19,22,28-29,33,43-45H,1-9H3,(H,39,49)/b11-10+,14-13+,16-12+/t15-,17+,18+,19+,22-,28-,29+,33+,37-/m0/s1. The van der Waals surface area contributed by atoms with Gasteiger partial charge in [0.1, 0.15) is 29.0 Å². The summed E-state index contributed by atoms with van der Waals surface area (Å²) in [5.41, 5.74) is 6.12. The van der Waals surface area contributed by atoms with E-state index in [4.69, 9.17) is 18.9 Å². The third-order valence-corrected chi connectivity index (χ3v) is 10.1. The average molecular weight is 737 g/mol. The zero-order chi connectivity index (χ0) is 39.7. The van der Waals surface area contributed by atoms with Crippen LogP contribution in [0.1, 0.15) is 85.1 Å². The summed E-state index contributed by atoms with van der Waals surface area (Å²) in [5.74, 6) is -10.4. The molecule has 3 aliphatic heterocycles. The Labute approximate surface area is 305 Å². The number of hydrogen-bond acceptors (Lipinski definition) is 13. The SMILES string of the molecule is CO[C@H]1/C=C/O[C@@]2(C)Oc3c(C)c(O)c4c(c3C2=O)C(=O)C(N=[N+]=[N-])=C(NC(=O)/C(C)=C/C=C/[C@H](C)[C@H](O)[C@@H](C)[C@@H](O)[C@@H](C)[C@H](OC(C)=O)[C@@H]1C)C4=O. The van der Waals surface area contributed by atoms with Crippen molar-refractivity contribution in [3.8, 4) is 11.5 Å². The first-order chi connectivity index (χ1) is 24.8. The summed E-state index contributed by atoms with van der Waals surface area (Å²) in [6.07, 6.45) is 2.97. The van der Waals surface area contributed by atoms with Crippen molar-refractivity contribution in [2.24, 2.45) is 28.8 Å². The van der Waals surface area contributed by atoms with Crippen molar-refractivity contribution in [3.05, 3.63) is 80.2 Å². The van der Waals surface area contributed by atoms with Crippen LogP contribution in [0.4, 0.5) is 0 Å². The lowest BCUT2D eigenvalue weighted by Gasteiger charge is -2.38. The number of carbonyl (C=O) groups is 5. The summed E-state index contributed by atoms with van der Waals surface area (Å²) in [7, 11) is 1.39. The van der Waals surface area contributed by atoms with Gasteiger partial charge in [0.2, 0.25) is 5.78 Å². The molecule has 1 aromatic rings. The van der Waals surface area contributed by atoms with Crippen LogP contribution in [0.15, 0.2) is 52.6 Å². The van der Waals surface area contributed by atoms with Crippen molar-refractivity contribution >= 4 is 29.2 Å². The number of hydrogen-bond donors (Lipinski definition) is 4. The van der Waals surface area contributed by atoms with Gasteiger partial charge in [0.15, 0.2) is 5.78 Å². The monoisotopic (exact) mass is 736 g/mol. The lowest BCUT2D eigenvalue weighted by atomic mass is 9.78. The van der Waals surface area contributed by atoms with Gasteiger partial charge in [0.25, 0.3) is 11.7 Å². The van der Waals surface area contributed by atoms with Gasteiger partial charge in [-0.1, -0.05) is 51.0 Å². The molecule has 284 valence electrons. The predicted octanol–water partition coefficient (Wildman–Crippen LogP) is 4.27. The maximum Gasteiger partial charge on any atom is 0.312 e. The topological polar surface area (TPSA) is 244 Å². The van der Waals surface area contributed by atoms with E-state index in [-0.39, 0.29) is 16.9 Å². The predicted molar refractivity (Wildman–Crippen MR) is 187 cm³/mol. The number of ether oxygens (including phenoxy) is 4. The van der Waals surface area contributed by atoms with Gasteiger partial charge in [-0.05, 0) is 25.5 Å². The van der Waals surface area contributed by atoms with Crippen LogP contribution < -0.4 is 10.1 Å². The number of benzene rings is 1. The fourth-order valence-electron chi connectivity index (χ4n) is 6.82. The molecule has 1 aromatic carbocycles. The summed E-state index contributed by atoms with van der Waals surface area (Å²) in [5, 5.41) is 39.5. The van der Waals surface area contributed by atoms with E-state index < -0.39 is 117 Å². The molecular weight excluding hydrogens is 692 g/mol. The second-order valence-corrected chi connectivity index (χ2v) is 13.7. The molecule has 1 amide bonds. The molecule has 0 unspecified atom stereocenters. The number of methoxy groups -OCH3 is 1. The second kappa shape index (κ2) is 15.8. The zero-order valence-electron chi connectivity index (χ0n) is 30.9. The molecule has 0 saturated carbocycles. The van der Waals surface area contributed by atoms with Crippen LogP contribution in [-0.4, -0.2) is 81.9 Å². The van der Waals surface area contributed by atoms with E-state index in [1.165, 1.54) is 53.0 Å². The largest absolute Gasteiger partial charge is 0.507 e. The number of carbonyl (C=O) groups excluding carboxylic acids is 5. The van der Waals surface area contributed by atoms with Crippen molar-refractivity contribution < 1.29 is 58.2 Å². The van der Waals surface area contributed by atoms with Crippen LogP contribution in [0.2, 0.25) is 0 Å². The van der Waals surface area contributed by atoms with Crippen molar-refractivity contribution in [2.45, 2.75) is 85.6 Å². The first kappa shape index (κ1) is 40.5. The molecule has 4 N–H and O–H groups in total. The van der Waals surface area contributed by atoms with Gasteiger partial charge >= 0.3 is 11.8 Å². The molecule has 53 heavy (non-hydrogen) atoms. The number of Topliss-reactive ketones (excluding diaryl/α,β-unsaturated/α-hetero) is 3. The molecule has 4 aliphatic rings. The third kappa shape index (κ3) is 7.49. The molecule has 0 aromatic heterocycles. The van der Waals surface area contributed by atoms with Crippen molar-refractivity contribution in [1.29, 1.82) is 0 Å². The number of aromatic hydroxyl groups is 1. The molecule has 0 radical (unpaired) electrons. The highest BCUT2D eigenvalue weighted by atomic mass is 16.7. The molecule has 1 aliphatic carbocycles. The Morgan fingerprint density at radius 3 is 2.25 bits per heavy atom. The summed E-state index contributed by atoms with van der Waals surface area (Å²) >= 11 is 0. The first-order valence-electron chi connectivity index (χ1n) is 16.9. The smallest absolute Gasteiger partial charge is 0.312 e. The van der Waals surface area contributed by atoms with E-state index in [1.54, 1.807) is 33.8 Å². The Morgan fingerprint density at radius 2 is 1.64 bits per heavy atom. The number of aliphatic hydroxyl groups excluding tert-OH is 2. The van der Waals surface area contributed by atoms with Crippen molar-refractivity contribution in [3.63, 3.8) is 0 Å². The van der Waals surface area contributed by atoms with Gasteiger partial charge in [-0.25, -0.2) is 0 Å². The Kier molecular flexibility index (Phi) is 12.0. The van der Waals surface area contributed by atoms with E-state index in [2.05, 4.69) is 15.3 Å². The fraction of sp³-hybridized carbons (Fsp3) is 0.486. The number of phenols is 1. The number of phenolic OH excluding ortho intramolecular Hbond substituents is 1. The zero-order valence-corrected chi connectivity index (χ0v) is 30.9. The molecule has 0 saturated heterocycles. The molecule has 16 nitrogen and oxygen atoms in total. The van der Waals surface area contributed by atoms with E-state index >= 15 is 0 Å². The van der Waals surface area contributed by atoms with E-state index in [0.29, 0.717) is 0 Å². The highest BCUT2D eigenvalue weighted by Crippen LogP contribution is 2.48. The van der Waals surface area contributed by atoms with Gasteiger partial charge in [-0.3, -0.25) is 24.0 Å². The molecule has 16 heteroatoms. The van der Waals surface area contributed by atoms with E-state index in [0.717, 1.165) is 6.26 Å². The second-order valence-electron chi connectivity index (χ2n) is 13.7. The Balaban J connectivity index is 1.91. The maximum atomic E-state index is 14.0. The van der Waals surface area contributed by atoms with Gasteiger partial charge < -0.3 is 39.6 Å². The molecule has 5 rings (SSSR count). The number of ketones is 3. The molecule has 0 spiro atoms. The van der Waals surface area contributed by atoms with Gasteiger partial charge in [0, 0.05) is 60.7 Å². The van der Waals surface area contributed by atoms with Gasteiger partial charge in [-0.2, -0.15) is 0 Å². The lowest BCUT2D eigenvalue weighted by Crippen LogP contribution is -2.46. The number of nitrogens with one attached hydrogen (secondary N) is 1. The van der Waals surface area contributed by atoms with Crippen molar-refractivity contribution in [1.82, 2.24) is 5.32 Å². The normalized spacial score (nSPS) is 33.2. The molecular formula is C37H44N4O12. The minimum absolute atomic E-state index is 0.0303. The Morgan fingerprint density at radius 1 is 0.981 bits per heavy atom. The molecule has 9 atom stereocenters. The Bertz CT molecular complexity index is 1910. The van der Waals surface area contributed by atoms with Crippen LogP contribution in [0.5, 0.6) is 11.5 Å². The van der Waals surface area contributed by atoms with Gasteiger partial charge in [-0.15, -0.1) is 0 Å². The number of aliphatic hydroxyl groups is 2. The number of azide groups is 1. The number of allylic oxidation sites excluding steroid dienone is 4. The number of nitrogens with zero attached hydrogens (tertiary/aromatic N) is 3. The van der Waals surface area contributed by atoms with E-state index in [1.807, 2.05) is 0 Å². The molecule has 5 bridgehead atoms. The summed E-state index contributed by atoms with van der Waals surface area (Å²) in [4.78, 5) is 70.1. The van der Waals surface area contributed by atoms with E-state index in [9.17, 15) is 44.8 Å². The maximum absolute atomic E-state index is 14.0. The number of fused-ring (bicyclic) bond motifs is 14. The number of amides is 1. The number of rotatable bonds is 3. The Hall–Kier alpha value is -5.28. The summed E-state index contributed by atoms with van der Waals surface area (Å²) in [6.45, 7) is 12.0. The third-order valence-electron chi connectivity index (χ3n) is 10.1. The minimum Gasteiger partial charge on any atom is -0.507 e. The molecule has 0 fully saturated rings. The minimum atomic E-state index is -2.14. The van der Waals surface area contributed by atoms with Crippen LogP contribution in [0, 0.1) is 30.6 Å². The first-order valence-corrected chi connectivity index (χ1v) is 16.9. The summed E-state index contributed by atoms with van der Waals surface area (Å²) < 4.78 is 23.1. The van der Waals surface area contributed by atoms with Crippen LogP contribution >= 0.6 is 0 Å². The number of esters is 1. The van der Waals surface area contributed by atoms with Crippen LogP contribution in [-0.2, 0) is 23.8 Å². The lowest BCUT2D eigenvalue weighted by molar-refractivity contribution is -0.160. The highest BCUT2D eigenvalue weighted by molar-refractivity contribution is 6.32.